The van der Waals surface area contributed by atoms with E-state index in [1.807, 2.05) is 20.8 Å². The zero-order valence-corrected chi connectivity index (χ0v) is 14.4. The second-order valence-corrected chi connectivity index (χ2v) is 6.98. The smallest absolute Gasteiger partial charge is 0.410 e. The molecule has 2 heterocycles. The first-order valence-electron chi connectivity index (χ1n) is 8.04. The topological polar surface area (TPSA) is 75.5 Å². The van der Waals surface area contributed by atoms with Crippen molar-refractivity contribution in [3.63, 3.8) is 0 Å². The Kier molecular flexibility index (Phi) is 4.32. The molecule has 2 aromatic rings. The maximum absolute atomic E-state index is 14.0. The van der Waals surface area contributed by atoms with Crippen LogP contribution >= 0.6 is 0 Å². The Balaban J connectivity index is 1.81. The lowest BCUT2D eigenvalue weighted by molar-refractivity contribution is 0.0222. The molecule has 7 heteroatoms. The van der Waals surface area contributed by atoms with E-state index < -0.39 is 11.4 Å². The van der Waals surface area contributed by atoms with Gasteiger partial charge in [0, 0.05) is 30.8 Å². The minimum absolute atomic E-state index is 0.146. The summed E-state index contributed by atoms with van der Waals surface area (Å²) in [7, 11) is 0. The average Bonchev–Trinajstić information content (AvgIpc) is 2.52. The van der Waals surface area contributed by atoms with Crippen molar-refractivity contribution in [3.8, 4) is 17.1 Å². The van der Waals surface area contributed by atoms with Gasteiger partial charge >= 0.3 is 6.09 Å². The lowest BCUT2D eigenvalue weighted by Gasteiger charge is -2.30. The number of halogens is 1. The molecule has 1 aromatic carbocycles. The third kappa shape index (κ3) is 3.87. The highest BCUT2D eigenvalue weighted by molar-refractivity contribution is 5.68. The fourth-order valence-electron chi connectivity index (χ4n) is 2.61. The predicted molar refractivity (Wildman–Crippen MR) is 89.4 cm³/mol. The van der Waals surface area contributed by atoms with Gasteiger partial charge < -0.3 is 14.7 Å². The number of ether oxygens (including phenoxy) is 1. The fraction of sp³-hybridized carbons (Fsp3) is 0.389. The highest BCUT2D eigenvalue weighted by Gasteiger charge is 2.27. The number of carbonyl (C=O) groups is 1. The van der Waals surface area contributed by atoms with Crippen LogP contribution in [0.25, 0.3) is 11.4 Å². The molecule has 0 radical (unpaired) electrons. The van der Waals surface area contributed by atoms with Crippen molar-refractivity contribution in [2.24, 2.45) is 0 Å². The van der Waals surface area contributed by atoms with Crippen LogP contribution in [-0.2, 0) is 17.7 Å². The molecule has 0 spiro atoms. The molecule has 0 saturated heterocycles. The number of fused-ring (bicyclic) bond motifs is 1. The molecule has 0 saturated carbocycles. The number of benzene rings is 1. The third-order valence-electron chi connectivity index (χ3n) is 3.78. The maximum atomic E-state index is 14.0. The summed E-state index contributed by atoms with van der Waals surface area (Å²) in [5, 5.41) is 9.31. The molecule has 1 N–H and O–H groups in total. The Morgan fingerprint density at radius 1 is 1.36 bits per heavy atom. The van der Waals surface area contributed by atoms with Crippen LogP contribution in [0.3, 0.4) is 0 Å². The van der Waals surface area contributed by atoms with E-state index in [-0.39, 0.29) is 23.2 Å². The number of carbonyl (C=O) groups excluding carboxylic acids is 1. The zero-order chi connectivity index (χ0) is 18.2. The molecule has 0 fully saturated rings. The van der Waals surface area contributed by atoms with Gasteiger partial charge in [0.2, 0.25) is 0 Å². The third-order valence-corrected chi connectivity index (χ3v) is 3.78. The van der Waals surface area contributed by atoms with Crippen LogP contribution in [-0.4, -0.2) is 38.2 Å². The summed E-state index contributed by atoms with van der Waals surface area (Å²) in [4.78, 5) is 22.4. The van der Waals surface area contributed by atoms with E-state index in [2.05, 4.69) is 9.97 Å². The highest BCUT2D eigenvalue weighted by atomic mass is 19.1. The van der Waals surface area contributed by atoms with Crippen molar-refractivity contribution in [2.45, 2.75) is 39.3 Å². The molecule has 3 rings (SSSR count). The van der Waals surface area contributed by atoms with Gasteiger partial charge in [0.1, 0.15) is 17.2 Å². The molecule has 132 valence electrons. The number of nitrogens with zero attached hydrogens (tertiary/aromatic N) is 3. The van der Waals surface area contributed by atoms with Gasteiger partial charge in [-0.2, -0.15) is 0 Å². The summed E-state index contributed by atoms with van der Waals surface area (Å²) in [5.41, 5.74) is 1.29. The molecular formula is C18H20FN3O3. The first kappa shape index (κ1) is 17.1. The van der Waals surface area contributed by atoms with Crippen LogP contribution in [0.15, 0.2) is 24.4 Å². The number of amides is 1. The quantitative estimate of drug-likeness (QED) is 0.858. The van der Waals surface area contributed by atoms with E-state index in [0.717, 1.165) is 17.3 Å². The average molecular weight is 345 g/mol. The van der Waals surface area contributed by atoms with Crippen molar-refractivity contribution in [1.29, 1.82) is 0 Å². The van der Waals surface area contributed by atoms with Crippen molar-refractivity contribution in [3.05, 3.63) is 41.5 Å². The Morgan fingerprint density at radius 2 is 2.12 bits per heavy atom. The minimum atomic E-state index is -0.578. The van der Waals surface area contributed by atoms with Gasteiger partial charge in [-0.05, 0) is 32.9 Å². The lowest BCUT2D eigenvalue weighted by atomic mass is 10.1. The fourth-order valence-corrected chi connectivity index (χ4v) is 2.61. The summed E-state index contributed by atoms with van der Waals surface area (Å²) < 4.78 is 19.4. The van der Waals surface area contributed by atoms with E-state index >= 15 is 0 Å². The van der Waals surface area contributed by atoms with Gasteiger partial charge in [0.25, 0.3) is 0 Å². The standard InChI is InChI=1S/C18H20FN3O3/c1-18(2,3)25-17(24)22-7-6-15-11(10-22)9-20-16(21-15)13-5-4-12(23)8-14(13)19/h4-5,8-9,23H,6-7,10H2,1-3H3. The molecule has 0 aliphatic carbocycles. The first-order chi connectivity index (χ1) is 11.7. The Labute approximate surface area is 145 Å². The zero-order valence-electron chi connectivity index (χ0n) is 14.4. The van der Waals surface area contributed by atoms with Crippen LogP contribution in [0.2, 0.25) is 0 Å². The number of phenols is 1. The van der Waals surface area contributed by atoms with Crippen LogP contribution in [0.5, 0.6) is 5.75 Å². The summed E-state index contributed by atoms with van der Waals surface area (Å²) in [6, 6.07) is 3.87. The first-order valence-corrected chi connectivity index (χ1v) is 8.04. The summed E-state index contributed by atoms with van der Waals surface area (Å²) in [5.74, 6) is -0.458. The van der Waals surface area contributed by atoms with Crippen molar-refractivity contribution >= 4 is 6.09 Å². The minimum Gasteiger partial charge on any atom is -0.508 e. The Hall–Kier alpha value is -2.70. The van der Waals surface area contributed by atoms with Gasteiger partial charge in [-0.1, -0.05) is 0 Å². The van der Waals surface area contributed by atoms with E-state index in [0.29, 0.717) is 19.5 Å². The molecule has 1 aromatic heterocycles. The number of aromatic hydroxyl groups is 1. The van der Waals surface area contributed by atoms with Crippen molar-refractivity contribution in [1.82, 2.24) is 14.9 Å². The largest absolute Gasteiger partial charge is 0.508 e. The molecule has 6 nitrogen and oxygen atoms in total. The highest BCUT2D eigenvalue weighted by Crippen LogP contribution is 2.25. The molecule has 0 bridgehead atoms. The SMILES string of the molecule is CC(C)(C)OC(=O)N1CCc2nc(-c3ccc(O)cc3F)ncc2C1. The Bertz CT molecular complexity index is 818. The van der Waals surface area contributed by atoms with Gasteiger partial charge in [-0.25, -0.2) is 19.2 Å². The van der Waals surface area contributed by atoms with Gasteiger partial charge in [-0.3, -0.25) is 0 Å². The van der Waals surface area contributed by atoms with Crippen LogP contribution < -0.4 is 0 Å². The second-order valence-electron chi connectivity index (χ2n) is 6.98. The molecule has 0 atom stereocenters. The van der Waals surface area contributed by atoms with E-state index in [9.17, 15) is 14.3 Å². The molecule has 1 aliphatic heterocycles. The Morgan fingerprint density at radius 3 is 2.80 bits per heavy atom. The van der Waals surface area contributed by atoms with Gasteiger partial charge in [-0.15, -0.1) is 0 Å². The van der Waals surface area contributed by atoms with Crippen LogP contribution in [0.4, 0.5) is 9.18 Å². The normalized spacial score (nSPS) is 14.2. The number of rotatable bonds is 1. The van der Waals surface area contributed by atoms with Gasteiger partial charge in [0.15, 0.2) is 5.82 Å². The molecule has 1 aliphatic rings. The van der Waals surface area contributed by atoms with Crippen LogP contribution in [0, 0.1) is 5.82 Å². The van der Waals surface area contributed by atoms with E-state index in [1.165, 1.54) is 12.1 Å². The van der Waals surface area contributed by atoms with Crippen molar-refractivity contribution < 1.29 is 19.0 Å². The number of aromatic nitrogens is 2. The number of phenolic OH excluding ortho intramolecular Hbond substituents is 1. The lowest BCUT2D eigenvalue weighted by Crippen LogP contribution is -2.40. The number of hydrogen-bond acceptors (Lipinski definition) is 5. The molecule has 1 amide bonds. The molecular weight excluding hydrogens is 325 g/mol. The summed E-state index contributed by atoms with van der Waals surface area (Å²) >= 11 is 0. The summed E-state index contributed by atoms with van der Waals surface area (Å²) in [6.45, 7) is 6.32. The second kappa shape index (κ2) is 6.31. The molecule has 25 heavy (non-hydrogen) atoms. The monoisotopic (exact) mass is 345 g/mol. The van der Waals surface area contributed by atoms with Crippen molar-refractivity contribution in [2.75, 3.05) is 6.54 Å². The predicted octanol–water partition coefficient (Wildman–Crippen LogP) is 3.28. The van der Waals surface area contributed by atoms with Crippen LogP contribution in [0.1, 0.15) is 32.0 Å². The summed E-state index contributed by atoms with van der Waals surface area (Å²) in [6.07, 6.45) is 1.79. The number of hydrogen-bond donors (Lipinski definition) is 1. The molecule has 0 unspecified atom stereocenters. The maximum Gasteiger partial charge on any atom is 0.410 e. The van der Waals surface area contributed by atoms with Gasteiger partial charge in [0.05, 0.1) is 17.8 Å². The van der Waals surface area contributed by atoms with E-state index in [4.69, 9.17) is 4.74 Å². The van der Waals surface area contributed by atoms with E-state index in [1.54, 1.807) is 11.1 Å².